The van der Waals surface area contributed by atoms with Crippen molar-refractivity contribution in [2.75, 3.05) is 12.3 Å². The molecule has 1 aliphatic heterocycles. The zero-order valence-electron chi connectivity index (χ0n) is 13.9. The zero-order valence-corrected chi connectivity index (χ0v) is 15.7. The van der Waals surface area contributed by atoms with Crippen LogP contribution < -0.4 is 5.73 Å². The van der Waals surface area contributed by atoms with Gasteiger partial charge in [-0.25, -0.2) is 24.1 Å². The molecule has 0 aliphatic carbocycles. The number of fused-ring (bicyclic) bond motifs is 1. The van der Waals surface area contributed by atoms with Gasteiger partial charge in [0.2, 0.25) is 0 Å². The fraction of sp³-hybridized carbons (Fsp3) is 0.500. The molecule has 0 amide bonds. The van der Waals surface area contributed by atoms with E-state index >= 15 is 0 Å². The molecule has 0 unspecified atom stereocenters. The van der Waals surface area contributed by atoms with Crippen LogP contribution in [0.5, 0.6) is 0 Å². The highest BCUT2D eigenvalue weighted by Crippen LogP contribution is 2.31. The summed E-state index contributed by atoms with van der Waals surface area (Å²) in [5.74, 6) is 0.302. The number of phosphoric acid groups is 2. The molecule has 18 heteroatoms. The highest BCUT2D eigenvalue weighted by Gasteiger charge is 2.35. The van der Waals surface area contributed by atoms with Crippen LogP contribution in [0, 0.1) is 0 Å². The molecule has 1 aliphatic rings. The minimum absolute atomic E-state index is 0.221. The number of aromatic nitrogens is 4. The molecule has 3 atom stereocenters. The first-order chi connectivity index (χ1) is 12.7. The van der Waals surface area contributed by atoms with Crippen molar-refractivity contribution in [3.63, 3.8) is 0 Å². The van der Waals surface area contributed by atoms with E-state index in [1.807, 2.05) is 0 Å². The van der Waals surface area contributed by atoms with E-state index in [1.54, 1.807) is 10.9 Å². The highest BCUT2D eigenvalue weighted by atomic mass is 31.2. The number of anilines is 1. The second-order valence-electron chi connectivity index (χ2n) is 5.22. The molecule has 10 N–H and O–H groups in total. The Labute approximate surface area is 156 Å². The number of nitrogen functional groups attached to an aromatic ring is 1. The average Bonchev–Trinajstić information content (AvgIpc) is 3.07. The van der Waals surface area contributed by atoms with Gasteiger partial charge < -0.3 is 50.0 Å². The highest BCUT2D eigenvalue weighted by molar-refractivity contribution is 7.45. The van der Waals surface area contributed by atoms with Crippen molar-refractivity contribution in [2.45, 2.75) is 24.9 Å². The lowest BCUT2D eigenvalue weighted by Gasteiger charge is -2.13. The molecule has 3 rings (SSSR count). The van der Waals surface area contributed by atoms with E-state index in [0.29, 0.717) is 23.4 Å². The maximum absolute atomic E-state index is 9.71. The molecule has 0 saturated carbocycles. The van der Waals surface area contributed by atoms with Crippen molar-refractivity contribution in [3.05, 3.63) is 12.7 Å². The fourth-order valence-corrected chi connectivity index (χ4v) is 2.13. The molecular formula is C10H19N5O11P2. The maximum atomic E-state index is 9.71. The molecule has 28 heavy (non-hydrogen) atoms. The van der Waals surface area contributed by atoms with Crippen molar-refractivity contribution >= 4 is 32.6 Å². The maximum Gasteiger partial charge on any atom is 0.466 e. The van der Waals surface area contributed by atoms with Gasteiger partial charge >= 0.3 is 15.6 Å². The van der Waals surface area contributed by atoms with Gasteiger partial charge in [-0.05, 0) is 0 Å². The van der Waals surface area contributed by atoms with Crippen LogP contribution in [0.25, 0.3) is 11.2 Å². The molecule has 2 aromatic heterocycles. The lowest BCUT2D eigenvalue weighted by Crippen LogP contribution is -2.24. The lowest BCUT2D eigenvalue weighted by molar-refractivity contribution is -0.0432. The molecule has 0 radical (unpaired) electrons. The third kappa shape index (κ3) is 8.64. The Morgan fingerprint density at radius 1 is 1.11 bits per heavy atom. The first-order valence-corrected chi connectivity index (χ1v) is 10.3. The number of aliphatic hydroxyl groups excluding tert-OH is 2. The minimum Gasteiger partial charge on any atom is -0.394 e. The normalized spacial score (nSPS) is 22.2. The quantitative estimate of drug-likeness (QED) is 0.210. The Bertz CT molecular complexity index is 830. The molecule has 16 nitrogen and oxygen atoms in total. The molecule has 0 bridgehead atoms. The third-order valence-electron chi connectivity index (χ3n) is 3.08. The molecule has 3 heterocycles. The van der Waals surface area contributed by atoms with Gasteiger partial charge in [0, 0.05) is 6.42 Å². The molecular weight excluding hydrogens is 428 g/mol. The molecule has 2 aromatic rings. The number of rotatable bonds is 2. The van der Waals surface area contributed by atoms with Gasteiger partial charge in [-0.15, -0.1) is 0 Å². The molecule has 0 aromatic carbocycles. The minimum atomic E-state index is -4.64. The van der Waals surface area contributed by atoms with Gasteiger partial charge in [-0.3, -0.25) is 4.57 Å². The van der Waals surface area contributed by atoms with E-state index in [1.165, 1.54) is 6.33 Å². The van der Waals surface area contributed by atoms with Crippen LogP contribution in [0.1, 0.15) is 12.6 Å². The van der Waals surface area contributed by atoms with Crippen LogP contribution in [-0.2, 0) is 13.9 Å². The Hall–Kier alpha value is -1.55. The van der Waals surface area contributed by atoms with Crippen molar-refractivity contribution < 1.29 is 53.4 Å². The Morgan fingerprint density at radius 2 is 1.64 bits per heavy atom. The Kier molecular flexibility index (Phi) is 8.55. The number of hydrogen-bond acceptors (Lipinski definition) is 9. The fourth-order valence-electron chi connectivity index (χ4n) is 2.13. The number of nitrogens with zero attached hydrogens (tertiary/aromatic N) is 4. The summed E-state index contributed by atoms with van der Waals surface area (Å²) in [5, 5.41) is 18.8. The summed E-state index contributed by atoms with van der Waals surface area (Å²) in [6.45, 7) is -0.221. The van der Waals surface area contributed by atoms with E-state index in [-0.39, 0.29) is 6.61 Å². The largest absolute Gasteiger partial charge is 0.466 e. The van der Waals surface area contributed by atoms with E-state index in [4.69, 9.17) is 54.1 Å². The van der Waals surface area contributed by atoms with E-state index < -0.39 is 34.1 Å². The molecule has 0 spiro atoms. The Balaban J connectivity index is 0.000000329. The van der Waals surface area contributed by atoms with Crippen molar-refractivity contribution in [2.24, 2.45) is 0 Å². The van der Waals surface area contributed by atoms with Crippen LogP contribution in [0.4, 0.5) is 5.82 Å². The second kappa shape index (κ2) is 9.78. The molecule has 160 valence electrons. The van der Waals surface area contributed by atoms with Crippen molar-refractivity contribution in [1.29, 1.82) is 0 Å². The summed E-state index contributed by atoms with van der Waals surface area (Å²) < 4.78 is 25.0. The number of ether oxygens (including phenoxy) is 1. The van der Waals surface area contributed by atoms with E-state index in [0.717, 1.165) is 0 Å². The standard InChI is InChI=1S/C10H13N5O3.2H3O4P/c11-9-8-10(13-3-12-9)15(4-14-8)7-1-5(17)6(2-16)18-7;2*1-5(2,3)4/h3-7,16-17H,1-2H2,(H2,11,12,13);2*(H3,1,2,3,4)/t5-,6+,7+;;/m0../s1. The Morgan fingerprint density at radius 3 is 2.11 bits per heavy atom. The van der Waals surface area contributed by atoms with Crippen LogP contribution >= 0.6 is 15.6 Å². The van der Waals surface area contributed by atoms with Crippen molar-refractivity contribution in [1.82, 2.24) is 19.5 Å². The summed E-state index contributed by atoms with van der Waals surface area (Å²) in [6, 6.07) is 0. The topological polar surface area (TPSA) is 275 Å². The van der Waals surface area contributed by atoms with Gasteiger partial charge in [-0.1, -0.05) is 0 Å². The van der Waals surface area contributed by atoms with Crippen molar-refractivity contribution in [3.8, 4) is 0 Å². The summed E-state index contributed by atoms with van der Waals surface area (Å²) >= 11 is 0. The van der Waals surface area contributed by atoms with E-state index in [9.17, 15) is 5.11 Å². The summed E-state index contributed by atoms with van der Waals surface area (Å²) in [5.41, 5.74) is 6.75. The van der Waals surface area contributed by atoms with E-state index in [2.05, 4.69) is 15.0 Å². The summed E-state index contributed by atoms with van der Waals surface area (Å²) in [6.07, 6.45) is 1.60. The summed E-state index contributed by atoms with van der Waals surface area (Å²) in [7, 11) is -9.28. The van der Waals surface area contributed by atoms with Gasteiger partial charge in [0.15, 0.2) is 11.5 Å². The predicted octanol–water partition coefficient (Wildman–Crippen LogP) is -2.81. The lowest BCUT2D eigenvalue weighted by atomic mass is 10.2. The van der Waals surface area contributed by atoms with Gasteiger partial charge in [0.05, 0.1) is 19.0 Å². The second-order valence-corrected chi connectivity index (χ2v) is 7.28. The van der Waals surface area contributed by atoms with Crippen LogP contribution in [0.15, 0.2) is 12.7 Å². The molecule has 1 fully saturated rings. The van der Waals surface area contributed by atoms with Crippen LogP contribution in [0.3, 0.4) is 0 Å². The number of nitrogens with two attached hydrogens (primary N) is 1. The van der Waals surface area contributed by atoms with Gasteiger partial charge in [0.25, 0.3) is 0 Å². The first-order valence-electron chi connectivity index (χ1n) is 7.14. The summed E-state index contributed by atoms with van der Waals surface area (Å²) in [4.78, 5) is 55.2. The third-order valence-corrected chi connectivity index (χ3v) is 3.08. The van der Waals surface area contributed by atoms with Gasteiger partial charge in [-0.2, -0.15) is 0 Å². The number of imidazole rings is 1. The predicted molar refractivity (Wildman–Crippen MR) is 89.9 cm³/mol. The number of hydrogen-bond donors (Lipinski definition) is 9. The molecule has 1 saturated heterocycles. The van der Waals surface area contributed by atoms with Crippen LogP contribution in [0.2, 0.25) is 0 Å². The average molecular weight is 447 g/mol. The van der Waals surface area contributed by atoms with Crippen LogP contribution in [-0.4, -0.2) is 77.9 Å². The monoisotopic (exact) mass is 447 g/mol. The SMILES string of the molecule is Nc1ncnc2c1ncn2[C@H]1C[C@H](O)[C@@H](CO)O1.O=P(O)(O)O.O=P(O)(O)O. The number of aliphatic hydroxyl groups is 2. The zero-order chi connectivity index (χ0) is 21.7. The van der Waals surface area contributed by atoms with Gasteiger partial charge in [0.1, 0.15) is 24.2 Å². The smallest absolute Gasteiger partial charge is 0.394 e. The first kappa shape index (κ1) is 24.5.